The van der Waals surface area contributed by atoms with Gasteiger partial charge in [0, 0.05) is 18.8 Å². The van der Waals surface area contributed by atoms with E-state index in [1.165, 1.54) is 45.4 Å². The van der Waals surface area contributed by atoms with Gasteiger partial charge in [-0.05, 0) is 79.4 Å². The van der Waals surface area contributed by atoms with Gasteiger partial charge in [-0.3, -0.25) is 4.79 Å². The molecule has 0 unspecified atom stereocenters. The summed E-state index contributed by atoms with van der Waals surface area (Å²) in [4.78, 5) is 11.3. The fraction of sp³-hybridized carbons (Fsp3) is 0.966. The predicted octanol–water partition coefficient (Wildman–Crippen LogP) is 5.84. The number of aliphatic hydroxyl groups is 2. The third kappa shape index (κ3) is 3.66. The van der Waals surface area contributed by atoms with Crippen molar-refractivity contribution in [3.8, 4) is 0 Å². The molecule has 0 amide bonds. The van der Waals surface area contributed by atoms with Gasteiger partial charge in [0.1, 0.15) is 11.7 Å². The maximum absolute atomic E-state index is 12.2. The second-order valence-electron chi connectivity index (χ2n) is 13.7. The number of alkyl halides is 1. The number of hydrogen-bond acceptors (Lipinski definition) is 5. The Bertz CT molecular complexity index is 834. The Morgan fingerprint density at radius 1 is 1.09 bits per heavy atom. The molecule has 1 saturated heterocycles. The third-order valence-corrected chi connectivity index (χ3v) is 12.9. The van der Waals surface area contributed by atoms with Crippen molar-refractivity contribution in [1.82, 2.24) is 0 Å². The number of ether oxygens (including phenoxy) is 2. The van der Waals surface area contributed by atoms with Crippen LogP contribution in [0.25, 0.3) is 0 Å². The zero-order valence-corrected chi connectivity index (χ0v) is 24.0. The Hall–Kier alpha value is -0.170. The standard InChI is InChI=1S/C29H47BrO5/c1-17(2)7-6-8-18(3)21-9-10-22-24-23(12-13-26(21,22)5)27-14-11-20(35-19(4)31)15-28(27,32)29(33,25(24)30)34-16-27/h17-18,20-25,32-33H,6-16H2,1-5H3/t18-,20+,21-,22+,23+,24+,25+,26-,27+,28-,29+/m1/s1. The van der Waals surface area contributed by atoms with Crippen molar-refractivity contribution in [1.29, 1.82) is 0 Å². The van der Waals surface area contributed by atoms with Gasteiger partial charge in [-0.15, -0.1) is 0 Å². The molecule has 0 radical (unpaired) electrons. The monoisotopic (exact) mass is 554 g/mol. The molecule has 5 nitrogen and oxygen atoms in total. The molecule has 2 bridgehead atoms. The first-order valence-corrected chi connectivity index (χ1v) is 15.2. The van der Waals surface area contributed by atoms with Crippen molar-refractivity contribution in [2.45, 2.75) is 121 Å². The molecular formula is C29H47BrO5. The van der Waals surface area contributed by atoms with E-state index >= 15 is 0 Å². The summed E-state index contributed by atoms with van der Waals surface area (Å²) in [6.07, 6.45) is 10.1. The lowest BCUT2D eigenvalue weighted by molar-refractivity contribution is -0.316. The van der Waals surface area contributed by atoms with Crippen LogP contribution in [0, 0.1) is 46.3 Å². The predicted molar refractivity (Wildman–Crippen MR) is 139 cm³/mol. The number of halogens is 1. The molecule has 0 spiro atoms. The number of carbonyl (C=O) groups is 1. The Kier molecular flexibility index (Phi) is 6.76. The van der Waals surface area contributed by atoms with Crippen LogP contribution in [0.5, 0.6) is 0 Å². The van der Waals surface area contributed by atoms with Crippen molar-refractivity contribution in [2.24, 2.45) is 46.3 Å². The molecule has 2 N–H and O–H groups in total. The van der Waals surface area contributed by atoms with Gasteiger partial charge in [-0.2, -0.15) is 0 Å². The van der Waals surface area contributed by atoms with Crippen molar-refractivity contribution in [3.63, 3.8) is 0 Å². The largest absolute Gasteiger partial charge is 0.462 e. The quantitative estimate of drug-likeness (QED) is 0.318. The van der Waals surface area contributed by atoms with E-state index in [4.69, 9.17) is 9.47 Å². The lowest BCUT2D eigenvalue weighted by Crippen LogP contribution is -2.75. The SMILES string of the molecule is CC(=O)O[C@H]1CC[C@]23CO[C@@](O)([C@@H](Br)[C@H]4[C@@H]5CC[C@H]([C@H](C)CCCC(C)C)[C@@]5(C)CC[C@@H]42)[C@@]3(O)C1. The first-order chi connectivity index (χ1) is 16.4. The minimum atomic E-state index is -1.65. The molecule has 6 heteroatoms. The zero-order valence-electron chi connectivity index (χ0n) is 22.4. The number of fused-ring (bicyclic) bond motifs is 3. The summed E-state index contributed by atoms with van der Waals surface area (Å²) in [6.45, 7) is 11.5. The number of esters is 1. The first kappa shape index (κ1) is 26.4. The summed E-state index contributed by atoms with van der Waals surface area (Å²) in [6, 6.07) is 0. The van der Waals surface area contributed by atoms with Crippen LogP contribution in [0.15, 0.2) is 0 Å². The highest BCUT2D eigenvalue weighted by atomic mass is 79.9. The molecule has 0 aromatic carbocycles. The highest BCUT2D eigenvalue weighted by molar-refractivity contribution is 9.09. The molecule has 1 aliphatic heterocycles. The van der Waals surface area contributed by atoms with E-state index in [2.05, 4.69) is 43.6 Å². The molecule has 5 aliphatic rings. The summed E-state index contributed by atoms with van der Waals surface area (Å²) in [5.41, 5.74) is -1.58. The zero-order chi connectivity index (χ0) is 25.4. The topological polar surface area (TPSA) is 76.0 Å². The van der Waals surface area contributed by atoms with Crippen LogP contribution in [-0.2, 0) is 14.3 Å². The van der Waals surface area contributed by atoms with Gasteiger partial charge < -0.3 is 19.7 Å². The summed E-state index contributed by atoms with van der Waals surface area (Å²) >= 11 is 3.94. The fourth-order valence-electron chi connectivity index (χ4n) is 10.1. The normalized spacial score (nSPS) is 51.5. The van der Waals surface area contributed by atoms with Crippen molar-refractivity contribution < 1.29 is 24.5 Å². The lowest BCUT2D eigenvalue weighted by Gasteiger charge is -2.65. The van der Waals surface area contributed by atoms with E-state index in [0.29, 0.717) is 24.4 Å². The van der Waals surface area contributed by atoms with E-state index in [-0.39, 0.29) is 28.7 Å². The molecule has 5 fully saturated rings. The molecule has 11 atom stereocenters. The Labute approximate surface area is 220 Å². The summed E-state index contributed by atoms with van der Waals surface area (Å²) in [7, 11) is 0. The van der Waals surface area contributed by atoms with Crippen molar-refractivity contribution in [2.75, 3.05) is 6.61 Å². The van der Waals surface area contributed by atoms with Gasteiger partial charge in [0.15, 0.2) is 0 Å². The summed E-state index contributed by atoms with van der Waals surface area (Å²) in [5, 5.41) is 24.2. The Balaban J connectivity index is 1.42. The number of rotatable bonds is 6. The van der Waals surface area contributed by atoms with E-state index in [9.17, 15) is 15.0 Å². The molecule has 5 rings (SSSR count). The maximum atomic E-state index is 12.2. The molecule has 4 aliphatic carbocycles. The van der Waals surface area contributed by atoms with Crippen LogP contribution in [0.1, 0.15) is 98.8 Å². The average Bonchev–Trinajstić information content (AvgIpc) is 3.21. The van der Waals surface area contributed by atoms with Gasteiger partial charge >= 0.3 is 5.97 Å². The van der Waals surface area contributed by atoms with Crippen molar-refractivity contribution >= 4 is 21.9 Å². The van der Waals surface area contributed by atoms with Gasteiger partial charge in [-0.25, -0.2) is 0 Å². The Morgan fingerprint density at radius 3 is 2.51 bits per heavy atom. The first-order valence-electron chi connectivity index (χ1n) is 14.3. The van der Waals surface area contributed by atoms with Crippen LogP contribution < -0.4 is 0 Å². The van der Waals surface area contributed by atoms with E-state index < -0.39 is 16.8 Å². The van der Waals surface area contributed by atoms with E-state index in [1.54, 1.807) is 0 Å². The highest BCUT2D eigenvalue weighted by Gasteiger charge is 2.81. The van der Waals surface area contributed by atoms with Crippen LogP contribution in [0.3, 0.4) is 0 Å². The average molecular weight is 556 g/mol. The minimum absolute atomic E-state index is 0.256. The fourth-order valence-corrected chi connectivity index (χ4v) is 11.3. The summed E-state index contributed by atoms with van der Waals surface area (Å²) in [5.74, 6) is 1.38. The van der Waals surface area contributed by atoms with Crippen LogP contribution in [0.2, 0.25) is 0 Å². The number of carbonyl (C=O) groups excluding carboxylic acids is 1. The molecule has 1 heterocycles. The van der Waals surface area contributed by atoms with Gasteiger partial charge in [-0.1, -0.05) is 62.9 Å². The van der Waals surface area contributed by atoms with Crippen molar-refractivity contribution in [3.05, 3.63) is 0 Å². The second kappa shape index (κ2) is 8.95. The second-order valence-corrected chi connectivity index (χ2v) is 14.7. The third-order valence-electron chi connectivity index (χ3n) is 11.7. The molecule has 200 valence electrons. The molecule has 0 aromatic heterocycles. The van der Waals surface area contributed by atoms with Gasteiger partial charge in [0.25, 0.3) is 0 Å². The van der Waals surface area contributed by atoms with Gasteiger partial charge in [0.05, 0.1) is 11.4 Å². The molecular weight excluding hydrogens is 508 g/mol. The highest BCUT2D eigenvalue weighted by Crippen LogP contribution is 2.74. The number of hydrogen-bond donors (Lipinski definition) is 2. The molecule has 4 saturated carbocycles. The van der Waals surface area contributed by atoms with Crippen LogP contribution in [0.4, 0.5) is 0 Å². The van der Waals surface area contributed by atoms with E-state index in [0.717, 1.165) is 37.0 Å². The Morgan fingerprint density at radius 2 is 1.83 bits per heavy atom. The summed E-state index contributed by atoms with van der Waals surface area (Å²) < 4.78 is 11.7. The van der Waals surface area contributed by atoms with Gasteiger partial charge in [0.2, 0.25) is 5.79 Å². The smallest absolute Gasteiger partial charge is 0.302 e. The van der Waals surface area contributed by atoms with Crippen LogP contribution >= 0.6 is 15.9 Å². The lowest BCUT2D eigenvalue weighted by atomic mass is 9.42. The van der Waals surface area contributed by atoms with Crippen LogP contribution in [-0.4, -0.2) is 45.1 Å². The molecule has 35 heavy (non-hydrogen) atoms. The van der Waals surface area contributed by atoms with E-state index in [1.807, 2.05) is 0 Å². The molecule has 0 aromatic rings. The minimum Gasteiger partial charge on any atom is -0.462 e. The maximum Gasteiger partial charge on any atom is 0.302 e.